The van der Waals surface area contributed by atoms with E-state index in [9.17, 15) is 4.79 Å². The number of benzene rings is 1. The van der Waals surface area contributed by atoms with Gasteiger partial charge in [-0.3, -0.25) is 4.79 Å². The summed E-state index contributed by atoms with van der Waals surface area (Å²) in [6.45, 7) is 2.61. The lowest BCUT2D eigenvalue weighted by atomic mass is 10.3. The van der Waals surface area contributed by atoms with Crippen molar-refractivity contribution in [3.05, 3.63) is 46.4 Å². The fraction of sp³-hybridized carbons (Fsp3) is 0.375. The number of thioether (sulfide) groups is 1. The number of nitrogens with one attached hydrogen (secondary N) is 1. The number of aromatic nitrogens is 2. The molecule has 1 N–H and O–H groups in total. The van der Waals surface area contributed by atoms with Gasteiger partial charge >= 0.3 is 0 Å². The van der Waals surface area contributed by atoms with Crippen molar-refractivity contribution in [3.8, 4) is 11.5 Å². The summed E-state index contributed by atoms with van der Waals surface area (Å²) in [6.07, 6.45) is 1.63. The van der Waals surface area contributed by atoms with E-state index in [2.05, 4.69) is 9.97 Å². The molecular formula is C16H20N2O3S. The van der Waals surface area contributed by atoms with Gasteiger partial charge in [-0.25, -0.2) is 4.98 Å². The Hall–Kier alpha value is -1.95. The van der Waals surface area contributed by atoms with Crippen LogP contribution in [0.1, 0.15) is 19.0 Å². The molecule has 0 aliphatic heterocycles. The topological polar surface area (TPSA) is 64.2 Å². The van der Waals surface area contributed by atoms with Crippen molar-refractivity contribution in [3.63, 3.8) is 0 Å². The summed E-state index contributed by atoms with van der Waals surface area (Å²) < 4.78 is 10.7. The molecule has 0 amide bonds. The molecule has 2 rings (SSSR count). The summed E-state index contributed by atoms with van der Waals surface area (Å²) >= 11 is 1.54. The quantitative estimate of drug-likeness (QED) is 0.460. The number of hydrogen-bond donors (Lipinski definition) is 1. The second-order valence-electron chi connectivity index (χ2n) is 4.62. The van der Waals surface area contributed by atoms with E-state index in [0.29, 0.717) is 11.8 Å². The fourth-order valence-electron chi connectivity index (χ4n) is 1.82. The number of aromatic amines is 1. The fourth-order valence-corrected chi connectivity index (χ4v) is 2.63. The van der Waals surface area contributed by atoms with Crippen LogP contribution in [0.25, 0.3) is 0 Å². The van der Waals surface area contributed by atoms with Crippen molar-refractivity contribution in [2.24, 2.45) is 0 Å². The second-order valence-corrected chi connectivity index (χ2v) is 5.71. The molecule has 5 nitrogen and oxygen atoms in total. The second kappa shape index (κ2) is 8.48. The third-order valence-corrected chi connectivity index (χ3v) is 3.95. The van der Waals surface area contributed by atoms with Gasteiger partial charge in [0.1, 0.15) is 11.5 Å². The molecule has 118 valence electrons. The van der Waals surface area contributed by atoms with E-state index < -0.39 is 0 Å². The van der Waals surface area contributed by atoms with Gasteiger partial charge in [0.2, 0.25) is 0 Å². The maximum absolute atomic E-state index is 11.5. The van der Waals surface area contributed by atoms with E-state index in [4.69, 9.17) is 9.47 Å². The Morgan fingerprint density at radius 1 is 1.23 bits per heavy atom. The zero-order chi connectivity index (χ0) is 15.8. The van der Waals surface area contributed by atoms with Gasteiger partial charge in [0.25, 0.3) is 5.56 Å². The van der Waals surface area contributed by atoms with E-state index in [1.807, 2.05) is 31.2 Å². The highest BCUT2D eigenvalue weighted by Gasteiger charge is 2.01. The predicted molar refractivity (Wildman–Crippen MR) is 88.1 cm³/mol. The van der Waals surface area contributed by atoms with Gasteiger partial charge in [-0.1, -0.05) is 18.7 Å². The van der Waals surface area contributed by atoms with Gasteiger partial charge in [0.05, 0.1) is 13.7 Å². The van der Waals surface area contributed by atoms with Gasteiger partial charge in [0.15, 0.2) is 5.16 Å². The minimum atomic E-state index is -0.0937. The maximum Gasteiger partial charge on any atom is 0.251 e. The first-order chi connectivity index (χ1) is 10.7. The molecule has 0 saturated heterocycles. The van der Waals surface area contributed by atoms with Gasteiger partial charge < -0.3 is 14.5 Å². The Morgan fingerprint density at radius 3 is 2.64 bits per heavy atom. The van der Waals surface area contributed by atoms with Crippen LogP contribution in [0.15, 0.2) is 40.3 Å². The molecule has 0 aliphatic rings. The summed E-state index contributed by atoms with van der Waals surface area (Å²) in [6, 6.07) is 9.05. The highest BCUT2D eigenvalue weighted by atomic mass is 32.2. The molecule has 0 bridgehead atoms. The van der Waals surface area contributed by atoms with Crippen LogP contribution in [0, 0.1) is 0 Å². The third kappa shape index (κ3) is 5.11. The Bertz CT molecular complexity index is 641. The Morgan fingerprint density at radius 2 is 1.95 bits per heavy atom. The molecule has 0 aliphatic carbocycles. The van der Waals surface area contributed by atoms with E-state index >= 15 is 0 Å². The van der Waals surface area contributed by atoms with Crippen molar-refractivity contribution in [2.45, 2.75) is 24.9 Å². The van der Waals surface area contributed by atoms with E-state index in [1.165, 1.54) is 17.8 Å². The zero-order valence-corrected chi connectivity index (χ0v) is 13.6. The lowest BCUT2D eigenvalue weighted by molar-refractivity contribution is 0.318. The van der Waals surface area contributed by atoms with Crippen LogP contribution >= 0.6 is 11.8 Å². The number of rotatable bonds is 8. The number of nitrogens with zero attached hydrogens (tertiary/aromatic N) is 1. The van der Waals surface area contributed by atoms with E-state index in [-0.39, 0.29) is 5.56 Å². The van der Waals surface area contributed by atoms with Crippen LogP contribution < -0.4 is 15.0 Å². The minimum absolute atomic E-state index is 0.0937. The largest absolute Gasteiger partial charge is 0.497 e. The molecule has 1 heterocycles. The molecule has 0 fully saturated rings. The maximum atomic E-state index is 11.5. The zero-order valence-electron chi connectivity index (χ0n) is 12.8. The average molecular weight is 320 g/mol. The summed E-state index contributed by atoms with van der Waals surface area (Å²) in [7, 11) is 1.64. The summed E-state index contributed by atoms with van der Waals surface area (Å²) in [5, 5.41) is 0.675. The summed E-state index contributed by atoms with van der Waals surface area (Å²) in [4.78, 5) is 18.6. The Kier molecular flexibility index (Phi) is 6.33. The molecule has 1 aromatic heterocycles. The number of methoxy groups -OCH3 is 1. The summed E-state index contributed by atoms with van der Waals surface area (Å²) in [5.41, 5.74) is 0.726. The van der Waals surface area contributed by atoms with Crippen molar-refractivity contribution in [1.29, 1.82) is 0 Å². The highest BCUT2D eigenvalue weighted by molar-refractivity contribution is 7.99. The molecule has 1 aromatic carbocycles. The molecule has 22 heavy (non-hydrogen) atoms. The molecule has 0 unspecified atom stereocenters. The molecular weight excluding hydrogens is 300 g/mol. The molecule has 2 aromatic rings. The standard InChI is InChI=1S/C16H20N2O3S/c1-3-12-11-15(19)18-16(17-12)22-10-4-9-21-14-7-5-13(20-2)6-8-14/h5-8,11H,3-4,9-10H2,1-2H3,(H,17,18,19). The monoisotopic (exact) mass is 320 g/mol. The van der Waals surface area contributed by atoms with Crippen LogP contribution in [0.4, 0.5) is 0 Å². The number of aryl methyl sites for hydroxylation is 1. The number of H-pyrrole nitrogens is 1. The first kappa shape index (κ1) is 16.4. The first-order valence-corrected chi connectivity index (χ1v) is 8.19. The van der Waals surface area contributed by atoms with Crippen molar-refractivity contribution in [1.82, 2.24) is 9.97 Å². The van der Waals surface area contributed by atoms with Crippen LogP contribution in [0.5, 0.6) is 11.5 Å². The van der Waals surface area contributed by atoms with Gasteiger partial charge in [-0.2, -0.15) is 0 Å². The third-order valence-electron chi connectivity index (χ3n) is 2.99. The highest BCUT2D eigenvalue weighted by Crippen LogP contribution is 2.18. The normalized spacial score (nSPS) is 10.5. The molecule has 0 atom stereocenters. The van der Waals surface area contributed by atoms with Crippen LogP contribution in [0.3, 0.4) is 0 Å². The minimum Gasteiger partial charge on any atom is -0.497 e. The van der Waals surface area contributed by atoms with Gasteiger partial charge in [0, 0.05) is 17.5 Å². The number of ether oxygens (including phenoxy) is 2. The van der Waals surface area contributed by atoms with Crippen molar-refractivity contribution < 1.29 is 9.47 Å². The summed E-state index contributed by atoms with van der Waals surface area (Å²) in [5.74, 6) is 2.48. The first-order valence-electron chi connectivity index (χ1n) is 7.21. The van der Waals surface area contributed by atoms with Crippen LogP contribution in [-0.4, -0.2) is 29.4 Å². The van der Waals surface area contributed by atoms with E-state index in [0.717, 1.165) is 35.8 Å². The molecule has 6 heteroatoms. The molecule has 0 saturated carbocycles. The Balaban J connectivity index is 1.72. The van der Waals surface area contributed by atoms with Gasteiger partial charge in [-0.15, -0.1) is 0 Å². The van der Waals surface area contributed by atoms with Crippen molar-refractivity contribution >= 4 is 11.8 Å². The molecule has 0 radical (unpaired) electrons. The lowest BCUT2D eigenvalue weighted by Crippen LogP contribution is -2.10. The smallest absolute Gasteiger partial charge is 0.251 e. The van der Waals surface area contributed by atoms with Crippen molar-refractivity contribution in [2.75, 3.05) is 19.5 Å². The average Bonchev–Trinajstić information content (AvgIpc) is 2.54. The Labute approximate surface area is 134 Å². The van der Waals surface area contributed by atoms with Crippen LogP contribution in [0.2, 0.25) is 0 Å². The number of hydrogen-bond acceptors (Lipinski definition) is 5. The lowest BCUT2D eigenvalue weighted by Gasteiger charge is -2.07. The van der Waals surface area contributed by atoms with Gasteiger partial charge in [-0.05, 0) is 37.1 Å². The van der Waals surface area contributed by atoms with Crippen LogP contribution in [-0.2, 0) is 6.42 Å². The predicted octanol–water partition coefficient (Wildman–Crippen LogP) is 2.90. The SMILES string of the molecule is CCc1cc(=O)[nH]c(SCCCOc2ccc(OC)cc2)n1. The molecule has 0 spiro atoms. The van der Waals surface area contributed by atoms with E-state index in [1.54, 1.807) is 7.11 Å².